The molecule has 0 aromatic heterocycles. The predicted molar refractivity (Wildman–Crippen MR) is 166 cm³/mol. The Labute approximate surface area is 288 Å². The number of nitrogens with two attached hydrogens (primary N) is 1. The Kier molecular flexibility index (Phi) is 82.8. The third kappa shape index (κ3) is 1520. The molecule has 0 radical (unpaired) electrons. The summed E-state index contributed by atoms with van der Waals surface area (Å²) in [5, 5.41) is 2.42. The van der Waals surface area contributed by atoms with Crippen LogP contribution in [0.2, 0.25) is 0 Å². The summed E-state index contributed by atoms with van der Waals surface area (Å²) in [5.74, 6) is 0. The van der Waals surface area contributed by atoms with Gasteiger partial charge in [-0.1, -0.05) is 53.4 Å². The van der Waals surface area contributed by atoms with Gasteiger partial charge in [0.2, 0.25) is 0 Å². The maximum atomic E-state index is 9.75. The smallest absolute Gasteiger partial charge is 0.418 e. The van der Waals surface area contributed by atoms with Gasteiger partial charge in [-0.15, -0.1) is 0 Å². The summed E-state index contributed by atoms with van der Waals surface area (Å²) >= 11 is 0. The first kappa shape index (κ1) is 83.5. The van der Waals surface area contributed by atoms with Crippen molar-refractivity contribution < 1.29 is 120 Å². The molecule has 0 aliphatic heterocycles. The van der Waals surface area contributed by atoms with E-state index in [2.05, 4.69) is 44.5 Å². The van der Waals surface area contributed by atoms with E-state index < -0.39 is 43.5 Å². The summed E-state index contributed by atoms with van der Waals surface area (Å²) in [6.45, 7) is 13.7. The fraction of sp³-hybridized carbons (Fsp3) is 1.00. The van der Waals surface area contributed by atoms with Crippen molar-refractivity contribution in [1.82, 2.24) is 18.5 Å². The minimum absolute atomic E-state index is 0. The Morgan fingerprint density at radius 3 is 0.481 bits per heavy atom. The van der Waals surface area contributed by atoms with Crippen LogP contribution in [0.3, 0.4) is 0 Å². The third-order valence-corrected chi connectivity index (χ3v) is 2.73. The molecule has 0 unspecified atom stereocenters. The second-order valence-corrected chi connectivity index (χ2v) is 7.96. The first-order valence-corrected chi connectivity index (χ1v) is 13.9. The van der Waals surface area contributed by atoms with E-state index >= 15 is 0 Å². The third-order valence-electron chi connectivity index (χ3n) is 2.73. The van der Waals surface area contributed by atoms with E-state index in [1.165, 1.54) is 64.5 Å². The quantitative estimate of drug-likeness (QED) is 0.0696. The highest BCUT2D eigenvalue weighted by atomic mass is 19.5. The predicted octanol–water partition coefficient (Wildman–Crippen LogP) is 10.1. The molecule has 0 aliphatic rings. The number of hydrogen-bond donors (Lipinski definition) is 6. The lowest BCUT2D eigenvalue weighted by Gasteiger charge is -1.96. The molecule has 0 fully saturated rings. The molecular weight excluding hydrogens is 797 g/mol. The molecule has 0 heterocycles. The monoisotopic (exact) mass is 854 g/mol. The molecule has 52 heavy (non-hydrogen) atoms. The van der Waals surface area contributed by atoms with Crippen molar-refractivity contribution in [3.63, 3.8) is 0 Å². The van der Waals surface area contributed by atoms with Crippen LogP contribution in [0.25, 0.3) is 0 Å². The maximum Gasteiger partial charge on any atom is 0.673 e. The average Bonchev–Trinajstić information content (AvgIpc) is 2.74. The fourth-order valence-corrected chi connectivity index (χ4v) is 1.34. The highest BCUT2D eigenvalue weighted by Gasteiger charge is 2.22. The largest absolute Gasteiger partial charge is 0.673 e. The SMILES string of the molecule is CCCC[NH2+]CCCC.CCCC[NH3+].CCCC[NH3+].F[B-](F)(F)F.F[B-](F)(F)F.F[B-](F)(F)F.F[B-](F)(F)F.F[B-](F)(F)F.F[B-](F)(F)F.[NH4+].[NH4+].[NH4+]. The molecule has 0 saturated carbocycles. The van der Waals surface area contributed by atoms with E-state index in [-0.39, 0.29) is 18.5 Å². The van der Waals surface area contributed by atoms with Crippen LogP contribution in [0.4, 0.5) is 104 Å². The van der Waals surface area contributed by atoms with E-state index in [1.54, 1.807) is 0 Å². The van der Waals surface area contributed by atoms with E-state index in [9.17, 15) is 104 Å². The van der Waals surface area contributed by atoms with Gasteiger partial charge in [-0.2, -0.15) is 0 Å². The molecule has 0 spiro atoms. The van der Waals surface area contributed by atoms with Crippen molar-refractivity contribution in [2.24, 2.45) is 0 Å². The second-order valence-electron chi connectivity index (χ2n) is 7.96. The van der Waals surface area contributed by atoms with E-state index in [0.29, 0.717) is 0 Å². The molecule has 0 saturated heterocycles. The van der Waals surface area contributed by atoms with Gasteiger partial charge < -0.3 is 139 Å². The Balaban J connectivity index is -0.0000000347. The summed E-state index contributed by atoms with van der Waals surface area (Å²) in [5.41, 5.74) is 7.35. The molecule has 0 aliphatic carbocycles. The van der Waals surface area contributed by atoms with Crippen LogP contribution in [-0.4, -0.2) is 69.7 Å². The van der Waals surface area contributed by atoms with Gasteiger partial charge in [0, 0.05) is 0 Å². The Morgan fingerprint density at radius 2 is 0.423 bits per heavy atom. The molecular formula is C16H56B6F24N6. The number of quaternary nitrogens is 6. The lowest BCUT2D eigenvalue weighted by atomic mass is 10.3. The second kappa shape index (κ2) is 51.6. The fourth-order valence-electron chi connectivity index (χ4n) is 1.34. The van der Waals surface area contributed by atoms with Crippen molar-refractivity contribution in [2.45, 2.75) is 79.1 Å². The molecule has 0 bridgehead atoms. The molecule has 0 rings (SSSR count). The van der Waals surface area contributed by atoms with Crippen molar-refractivity contribution in [3.8, 4) is 0 Å². The van der Waals surface area contributed by atoms with Crippen LogP contribution in [-0.2, 0) is 0 Å². The Bertz CT molecular complexity index is 439. The summed E-state index contributed by atoms with van der Waals surface area (Å²) in [4.78, 5) is 0. The van der Waals surface area contributed by atoms with Gasteiger partial charge in [0.25, 0.3) is 0 Å². The van der Waals surface area contributed by atoms with E-state index in [0.717, 1.165) is 13.1 Å². The summed E-state index contributed by atoms with van der Waals surface area (Å²) < 4.78 is 234. The van der Waals surface area contributed by atoms with Gasteiger partial charge in [0.05, 0.1) is 26.2 Å². The van der Waals surface area contributed by atoms with Crippen LogP contribution < -0.4 is 35.2 Å². The summed E-state index contributed by atoms with van der Waals surface area (Å²) in [6, 6.07) is 0. The first-order valence-electron chi connectivity index (χ1n) is 13.9. The first-order chi connectivity index (χ1) is 21.2. The number of unbranched alkanes of at least 4 members (excludes halogenated alkanes) is 4. The highest BCUT2D eigenvalue weighted by Crippen LogP contribution is 2.09. The number of halogens is 24. The highest BCUT2D eigenvalue weighted by molar-refractivity contribution is 6.51. The van der Waals surface area contributed by atoms with Crippen LogP contribution in [0.15, 0.2) is 0 Å². The lowest BCUT2D eigenvalue weighted by Crippen LogP contribution is -2.84. The van der Waals surface area contributed by atoms with Crippen molar-refractivity contribution in [1.29, 1.82) is 0 Å². The lowest BCUT2D eigenvalue weighted by molar-refractivity contribution is -0.655. The number of hydrogen-bond acceptors (Lipinski definition) is 0. The van der Waals surface area contributed by atoms with E-state index in [4.69, 9.17) is 0 Å². The zero-order valence-electron chi connectivity index (χ0n) is 30.0. The molecule has 0 aromatic carbocycles. The van der Waals surface area contributed by atoms with Gasteiger partial charge in [0.1, 0.15) is 0 Å². The molecule has 0 atom stereocenters. The molecule has 6 nitrogen and oxygen atoms in total. The van der Waals surface area contributed by atoms with Crippen molar-refractivity contribution in [2.75, 3.05) is 26.2 Å². The summed E-state index contributed by atoms with van der Waals surface area (Å²) in [7, 11) is -36.0. The average molecular weight is 853 g/mol. The van der Waals surface area contributed by atoms with Crippen LogP contribution >= 0.6 is 0 Å². The molecule has 0 amide bonds. The maximum absolute atomic E-state index is 9.75. The van der Waals surface area contributed by atoms with E-state index in [1.807, 2.05) is 0 Å². The normalized spacial score (nSPS) is 10.3. The summed E-state index contributed by atoms with van der Waals surface area (Å²) in [6.07, 6.45) is 10.5. The Morgan fingerprint density at radius 1 is 0.308 bits per heavy atom. The van der Waals surface area contributed by atoms with Gasteiger partial charge in [0.15, 0.2) is 0 Å². The van der Waals surface area contributed by atoms with Gasteiger partial charge in [-0.3, -0.25) is 0 Å². The van der Waals surface area contributed by atoms with Gasteiger partial charge in [-0.05, 0) is 25.7 Å². The van der Waals surface area contributed by atoms with Crippen molar-refractivity contribution in [3.05, 3.63) is 0 Å². The minimum atomic E-state index is -6.00. The Hall–Kier alpha value is -1.53. The zero-order valence-corrected chi connectivity index (χ0v) is 30.0. The molecule has 20 N–H and O–H groups in total. The molecule has 336 valence electrons. The van der Waals surface area contributed by atoms with Gasteiger partial charge >= 0.3 is 43.5 Å². The van der Waals surface area contributed by atoms with Crippen molar-refractivity contribution >= 4 is 43.5 Å². The van der Waals surface area contributed by atoms with Crippen LogP contribution in [0.5, 0.6) is 0 Å². The topological polar surface area (TPSA) is 181 Å². The molecule has 0 aromatic rings. The minimum Gasteiger partial charge on any atom is -0.418 e. The zero-order chi connectivity index (χ0) is 42.2. The van der Waals surface area contributed by atoms with Crippen LogP contribution in [0, 0.1) is 0 Å². The molecule has 36 heteroatoms. The van der Waals surface area contributed by atoms with Gasteiger partial charge in [-0.25, -0.2) is 0 Å². The number of rotatable bonds is 10. The van der Waals surface area contributed by atoms with Crippen LogP contribution in [0.1, 0.15) is 79.1 Å². The standard InChI is InChI=1S/C8H19N.2C4H11N.6BF4.3H3N/c1-3-5-7-9-8-6-4-2;2*1-2-3-4-5;6*2-1(3,4)5;;;/h9H,3-8H2,1-2H3;2*2-5H2,1H3;;;;;;;3*1H3/q;;;6*-1;;;/p+6.